The van der Waals surface area contributed by atoms with Gasteiger partial charge in [0, 0.05) is 18.8 Å². The van der Waals surface area contributed by atoms with Gasteiger partial charge in [-0.25, -0.2) is 0 Å². The Morgan fingerprint density at radius 2 is 1.96 bits per heavy atom. The highest BCUT2D eigenvalue weighted by atomic mass is 16.5. The first-order valence-electron chi connectivity index (χ1n) is 11.3. The Bertz CT molecular complexity index is 711. The second kappa shape index (κ2) is 6.68. The molecule has 156 valence electrons. The molecule has 4 aliphatic carbocycles. The summed E-state index contributed by atoms with van der Waals surface area (Å²) in [6.07, 6.45) is 10.2. The summed E-state index contributed by atoms with van der Waals surface area (Å²) >= 11 is 0. The van der Waals surface area contributed by atoms with Crippen LogP contribution in [0.1, 0.15) is 85.5 Å². The summed E-state index contributed by atoms with van der Waals surface area (Å²) in [6, 6.07) is 0. The van der Waals surface area contributed by atoms with Crippen molar-refractivity contribution >= 4 is 11.8 Å². The Labute approximate surface area is 169 Å². The van der Waals surface area contributed by atoms with E-state index in [-0.39, 0.29) is 28.7 Å². The second-order valence-electron chi connectivity index (χ2n) is 10.4. The number of ketones is 1. The normalized spacial score (nSPS) is 47.6. The van der Waals surface area contributed by atoms with Gasteiger partial charge in [0.2, 0.25) is 0 Å². The first-order valence-corrected chi connectivity index (χ1v) is 11.3. The zero-order valence-corrected chi connectivity index (χ0v) is 17.9. The minimum absolute atomic E-state index is 0.0213. The molecule has 4 heteroatoms. The van der Waals surface area contributed by atoms with Crippen LogP contribution in [-0.4, -0.2) is 28.6 Å². The maximum absolute atomic E-state index is 12.7. The quantitative estimate of drug-likeness (QED) is 0.567. The van der Waals surface area contributed by atoms with Crippen LogP contribution in [0.3, 0.4) is 0 Å². The monoisotopic (exact) mass is 388 g/mol. The largest absolute Gasteiger partial charge is 0.462 e. The highest BCUT2D eigenvalue weighted by molar-refractivity contribution is 5.92. The number of carbonyl (C=O) groups excluding carboxylic acids is 2. The van der Waals surface area contributed by atoms with Gasteiger partial charge in [0.15, 0.2) is 5.78 Å². The summed E-state index contributed by atoms with van der Waals surface area (Å²) in [7, 11) is 0. The summed E-state index contributed by atoms with van der Waals surface area (Å²) in [5.41, 5.74) is -0.235. The summed E-state index contributed by atoms with van der Waals surface area (Å²) in [4.78, 5) is 24.3. The molecule has 0 heterocycles. The van der Waals surface area contributed by atoms with Crippen molar-refractivity contribution < 1.29 is 19.4 Å². The predicted octanol–water partition coefficient (Wildman–Crippen LogP) is 4.59. The van der Waals surface area contributed by atoms with E-state index in [4.69, 9.17) is 4.74 Å². The first-order chi connectivity index (χ1) is 13.2. The molecule has 7 atom stereocenters. The third kappa shape index (κ3) is 2.66. The third-order valence-corrected chi connectivity index (χ3v) is 9.08. The lowest BCUT2D eigenvalue weighted by atomic mass is 9.46. The Morgan fingerprint density at radius 1 is 1.21 bits per heavy atom. The molecule has 3 fully saturated rings. The number of Topliss-reactive ketones (excluding diaryl/α,β-unsaturated/α-hetero) is 1. The fourth-order valence-electron chi connectivity index (χ4n) is 7.77. The van der Waals surface area contributed by atoms with Gasteiger partial charge in [0.25, 0.3) is 0 Å². The molecule has 0 aromatic rings. The van der Waals surface area contributed by atoms with Gasteiger partial charge < -0.3 is 9.84 Å². The highest BCUT2D eigenvalue weighted by Gasteiger charge is 2.62. The van der Waals surface area contributed by atoms with Crippen LogP contribution in [-0.2, 0) is 14.3 Å². The van der Waals surface area contributed by atoms with Crippen LogP contribution in [0.15, 0.2) is 11.6 Å². The minimum atomic E-state index is -1.25. The van der Waals surface area contributed by atoms with Gasteiger partial charge in [-0.1, -0.05) is 33.3 Å². The van der Waals surface area contributed by atoms with Gasteiger partial charge in [-0.2, -0.15) is 0 Å². The lowest BCUT2D eigenvalue weighted by Gasteiger charge is -2.59. The standard InChI is InChI=1S/C24H36O4/c1-5-12-24(27)19-8-6-16-17-7-9-21(28-15(2)25)23(17,4)13-10-18(16)22(19,3)14-11-20(24)26/h8,16-18,21,27H,5-7,9-14H2,1-4H3/t16-,17-,18-,21-,22+,23-,24?/m0/s1. The number of rotatable bonds is 3. The van der Waals surface area contributed by atoms with E-state index in [1.165, 1.54) is 6.92 Å². The van der Waals surface area contributed by atoms with Gasteiger partial charge in [0.05, 0.1) is 0 Å². The number of aliphatic hydroxyl groups is 1. The average Bonchev–Trinajstić information content (AvgIpc) is 2.95. The molecule has 0 saturated heterocycles. The summed E-state index contributed by atoms with van der Waals surface area (Å²) in [5.74, 6) is 1.49. The van der Waals surface area contributed by atoms with Crippen molar-refractivity contribution in [3.8, 4) is 0 Å². The lowest BCUT2D eigenvalue weighted by molar-refractivity contribution is -0.158. The molecule has 1 N–H and O–H groups in total. The Kier molecular flexibility index (Phi) is 4.80. The van der Waals surface area contributed by atoms with E-state index in [1.54, 1.807) is 0 Å². The molecule has 0 spiro atoms. The molecule has 1 unspecified atom stereocenters. The molecule has 4 nitrogen and oxygen atoms in total. The van der Waals surface area contributed by atoms with E-state index in [9.17, 15) is 14.7 Å². The Morgan fingerprint density at radius 3 is 2.64 bits per heavy atom. The van der Waals surface area contributed by atoms with Gasteiger partial charge in [-0.05, 0) is 73.7 Å². The number of esters is 1. The summed E-state index contributed by atoms with van der Waals surface area (Å²) in [5, 5.41) is 11.4. The molecule has 0 radical (unpaired) electrons. The Hall–Kier alpha value is -1.16. The van der Waals surface area contributed by atoms with Crippen molar-refractivity contribution in [2.24, 2.45) is 28.6 Å². The summed E-state index contributed by atoms with van der Waals surface area (Å²) in [6.45, 7) is 8.20. The fourth-order valence-corrected chi connectivity index (χ4v) is 7.77. The van der Waals surface area contributed by atoms with Crippen LogP contribution in [0.5, 0.6) is 0 Å². The van der Waals surface area contributed by atoms with Crippen LogP contribution >= 0.6 is 0 Å². The minimum Gasteiger partial charge on any atom is -0.462 e. The SMILES string of the molecule is CCCC1(O)C(=O)CC[C@@]2(C)C1=CC[C@H]1[C@@H]3CC[C@H](OC(C)=O)[C@@]3(C)CC[C@@H]12. The molecule has 3 saturated carbocycles. The first kappa shape index (κ1) is 20.1. The molecule has 0 aromatic carbocycles. The van der Waals surface area contributed by atoms with Crippen LogP contribution in [0.4, 0.5) is 0 Å². The topological polar surface area (TPSA) is 63.6 Å². The molecule has 0 bridgehead atoms. The van der Waals surface area contributed by atoms with E-state index in [0.29, 0.717) is 30.6 Å². The lowest BCUT2D eigenvalue weighted by Crippen LogP contribution is -2.57. The van der Waals surface area contributed by atoms with Gasteiger partial charge in [-0.15, -0.1) is 0 Å². The number of allylic oxidation sites excluding steroid dienone is 1. The van der Waals surface area contributed by atoms with Crippen molar-refractivity contribution in [2.45, 2.75) is 97.2 Å². The molecular formula is C24H36O4. The van der Waals surface area contributed by atoms with Crippen LogP contribution < -0.4 is 0 Å². The zero-order valence-electron chi connectivity index (χ0n) is 17.9. The third-order valence-electron chi connectivity index (χ3n) is 9.08. The fraction of sp³-hybridized carbons (Fsp3) is 0.833. The molecule has 0 amide bonds. The van der Waals surface area contributed by atoms with E-state index >= 15 is 0 Å². The maximum atomic E-state index is 12.7. The van der Waals surface area contributed by atoms with Crippen molar-refractivity contribution in [1.82, 2.24) is 0 Å². The average molecular weight is 389 g/mol. The van der Waals surface area contributed by atoms with Crippen molar-refractivity contribution in [3.63, 3.8) is 0 Å². The van der Waals surface area contributed by atoms with Gasteiger partial charge >= 0.3 is 5.97 Å². The van der Waals surface area contributed by atoms with Crippen LogP contribution in [0, 0.1) is 28.6 Å². The van der Waals surface area contributed by atoms with E-state index in [2.05, 4.69) is 19.9 Å². The van der Waals surface area contributed by atoms with Crippen molar-refractivity contribution in [2.75, 3.05) is 0 Å². The number of hydrogen-bond donors (Lipinski definition) is 1. The number of hydrogen-bond acceptors (Lipinski definition) is 4. The van der Waals surface area contributed by atoms with E-state index < -0.39 is 5.60 Å². The second-order valence-corrected chi connectivity index (χ2v) is 10.4. The van der Waals surface area contributed by atoms with Crippen LogP contribution in [0.2, 0.25) is 0 Å². The van der Waals surface area contributed by atoms with Gasteiger partial charge in [-0.3, -0.25) is 9.59 Å². The predicted molar refractivity (Wildman–Crippen MR) is 108 cm³/mol. The number of ether oxygens (including phenoxy) is 1. The molecular weight excluding hydrogens is 352 g/mol. The van der Waals surface area contributed by atoms with E-state index in [0.717, 1.165) is 50.5 Å². The molecule has 4 rings (SSSR count). The maximum Gasteiger partial charge on any atom is 0.302 e. The highest BCUT2D eigenvalue weighted by Crippen LogP contribution is 2.66. The van der Waals surface area contributed by atoms with Crippen molar-refractivity contribution in [1.29, 1.82) is 0 Å². The molecule has 0 aromatic heterocycles. The molecule has 28 heavy (non-hydrogen) atoms. The summed E-state index contributed by atoms with van der Waals surface area (Å²) < 4.78 is 5.74. The molecule has 0 aliphatic heterocycles. The smallest absolute Gasteiger partial charge is 0.302 e. The number of carbonyl (C=O) groups is 2. The Balaban J connectivity index is 1.67. The zero-order chi connectivity index (χ0) is 20.3. The number of fused-ring (bicyclic) bond motifs is 5. The van der Waals surface area contributed by atoms with E-state index in [1.807, 2.05) is 6.92 Å². The van der Waals surface area contributed by atoms with Crippen molar-refractivity contribution in [3.05, 3.63) is 11.6 Å². The van der Waals surface area contributed by atoms with Gasteiger partial charge in [0.1, 0.15) is 11.7 Å². The molecule has 4 aliphatic rings. The van der Waals surface area contributed by atoms with Crippen LogP contribution in [0.25, 0.3) is 0 Å².